The van der Waals surface area contributed by atoms with Crippen molar-refractivity contribution in [1.29, 1.82) is 0 Å². The molecule has 2 aromatic carbocycles. The Hall–Kier alpha value is -2.91. The Kier molecular flexibility index (Phi) is 7.76. The molecule has 1 atom stereocenters. The summed E-state index contributed by atoms with van der Waals surface area (Å²) in [6.45, 7) is 5.38. The molecule has 8 nitrogen and oxygen atoms in total. The highest BCUT2D eigenvalue weighted by Gasteiger charge is 2.40. The first-order valence-electron chi connectivity index (χ1n) is 12.4. The molecule has 0 unspecified atom stereocenters. The molecule has 0 radical (unpaired) electrons. The maximum absolute atomic E-state index is 13.5. The molecule has 9 heteroatoms. The van der Waals surface area contributed by atoms with Gasteiger partial charge in [0, 0.05) is 26.2 Å². The fraction of sp³-hybridized carbons (Fsp3) is 0.462. The van der Waals surface area contributed by atoms with Crippen molar-refractivity contribution < 1.29 is 18.0 Å². The number of fused-ring (bicyclic) bond motifs is 3. The third-order valence-electron chi connectivity index (χ3n) is 6.82. The summed E-state index contributed by atoms with van der Waals surface area (Å²) in [5.74, 6) is -0.408. The van der Waals surface area contributed by atoms with Gasteiger partial charge < -0.3 is 10.2 Å². The summed E-state index contributed by atoms with van der Waals surface area (Å²) in [7, 11) is -3.70. The number of rotatable bonds is 9. The molecule has 2 aliphatic rings. The van der Waals surface area contributed by atoms with E-state index >= 15 is 0 Å². The Morgan fingerprint density at radius 3 is 2.51 bits per heavy atom. The molecule has 2 aromatic rings. The molecule has 0 aliphatic carbocycles. The average Bonchev–Trinajstić information content (AvgIpc) is 2.87. The van der Waals surface area contributed by atoms with Crippen LogP contribution in [0.4, 0.5) is 11.4 Å². The lowest BCUT2D eigenvalue weighted by atomic mass is 9.96. The van der Waals surface area contributed by atoms with Crippen molar-refractivity contribution in [2.24, 2.45) is 0 Å². The van der Waals surface area contributed by atoms with Crippen LogP contribution in [0.15, 0.2) is 53.4 Å². The Balaban J connectivity index is 1.60. The minimum absolute atomic E-state index is 0.137. The minimum Gasteiger partial charge on any atom is -0.358 e. The minimum atomic E-state index is -3.70. The van der Waals surface area contributed by atoms with Crippen LogP contribution in [0.25, 0.3) is 0 Å². The van der Waals surface area contributed by atoms with E-state index in [4.69, 9.17) is 0 Å². The summed E-state index contributed by atoms with van der Waals surface area (Å²) >= 11 is 0. The van der Waals surface area contributed by atoms with E-state index in [1.807, 2.05) is 30.3 Å². The zero-order valence-electron chi connectivity index (χ0n) is 20.4. The summed E-state index contributed by atoms with van der Waals surface area (Å²) in [5.41, 5.74) is 2.42. The zero-order chi connectivity index (χ0) is 25.0. The van der Waals surface area contributed by atoms with Crippen LogP contribution in [0.2, 0.25) is 0 Å². The number of hydrogen-bond donors (Lipinski definition) is 1. The van der Waals surface area contributed by atoms with Crippen LogP contribution in [-0.2, 0) is 26.0 Å². The number of amides is 2. The first-order valence-corrected chi connectivity index (χ1v) is 13.8. The summed E-state index contributed by atoms with van der Waals surface area (Å²) in [6.07, 6.45) is 3.35. The maximum atomic E-state index is 13.5. The molecule has 1 N–H and O–H groups in total. The van der Waals surface area contributed by atoms with Crippen LogP contribution < -0.4 is 15.1 Å². The van der Waals surface area contributed by atoms with Crippen molar-refractivity contribution >= 4 is 33.2 Å². The molecule has 0 bridgehead atoms. The highest BCUT2D eigenvalue weighted by Crippen LogP contribution is 2.40. The molecule has 0 saturated carbocycles. The lowest BCUT2D eigenvalue weighted by molar-refractivity contribution is -0.124. The molecular weight excluding hydrogens is 464 g/mol. The van der Waals surface area contributed by atoms with E-state index in [1.165, 1.54) is 9.21 Å². The van der Waals surface area contributed by atoms with Crippen LogP contribution in [0.1, 0.15) is 38.7 Å². The van der Waals surface area contributed by atoms with Gasteiger partial charge in [-0.2, -0.15) is 4.31 Å². The summed E-state index contributed by atoms with van der Waals surface area (Å²) in [5, 5.41) is 2.91. The number of nitrogens with one attached hydrogen (secondary N) is 1. The summed E-state index contributed by atoms with van der Waals surface area (Å²) < 4.78 is 27.8. The second-order valence-corrected chi connectivity index (χ2v) is 10.9. The highest BCUT2D eigenvalue weighted by atomic mass is 32.2. The van der Waals surface area contributed by atoms with Gasteiger partial charge in [0.2, 0.25) is 21.8 Å². The van der Waals surface area contributed by atoms with Gasteiger partial charge in [-0.15, -0.1) is 0 Å². The van der Waals surface area contributed by atoms with Crippen molar-refractivity contribution in [2.75, 3.05) is 42.5 Å². The van der Waals surface area contributed by atoms with E-state index in [0.717, 1.165) is 37.1 Å². The van der Waals surface area contributed by atoms with Crippen LogP contribution in [0.3, 0.4) is 0 Å². The standard InChI is InChI=1S/C26H34N4O4S/c1-3-28(4-2)35(33,34)21-13-14-22-24(18-21)30(26(32)23-12-8-9-17-29(22)23)19-25(31)27-16-15-20-10-6-5-7-11-20/h5-7,10-11,13-14,18,23H,3-4,8-9,12,15-17,19H2,1-2H3,(H,27,31)/t23-/m1/s1. The van der Waals surface area contributed by atoms with Gasteiger partial charge in [-0.1, -0.05) is 44.2 Å². The van der Waals surface area contributed by atoms with Crippen molar-refractivity contribution in [3.8, 4) is 0 Å². The van der Waals surface area contributed by atoms with Gasteiger partial charge in [0.15, 0.2) is 0 Å². The van der Waals surface area contributed by atoms with Crippen LogP contribution in [0.5, 0.6) is 0 Å². The number of piperidine rings is 1. The van der Waals surface area contributed by atoms with Crippen LogP contribution in [-0.4, -0.2) is 63.3 Å². The van der Waals surface area contributed by atoms with E-state index in [9.17, 15) is 18.0 Å². The van der Waals surface area contributed by atoms with E-state index < -0.39 is 10.0 Å². The number of sulfonamides is 1. The molecule has 4 rings (SSSR count). The van der Waals surface area contributed by atoms with Gasteiger partial charge in [0.05, 0.1) is 16.3 Å². The molecular formula is C26H34N4O4S. The molecule has 2 heterocycles. The smallest absolute Gasteiger partial charge is 0.250 e. The first-order chi connectivity index (χ1) is 16.9. The van der Waals surface area contributed by atoms with Gasteiger partial charge in [0.1, 0.15) is 12.6 Å². The van der Waals surface area contributed by atoms with Crippen LogP contribution >= 0.6 is 0 Å². The van der Waals surface area contributed by atoms with Gasteiger partial charge >= 0.3 is 0 Å². The molecule has 2 amide bonds. The highest BCUT2D eigenvalue weighted by molar-refractivity contribution is 7.89. The van der Waals surface area contributed by atoms with Gasteiger partial charge in [-0.05, 0) is 49.4 Å². The molecule has 0 spiro atoms. The van der Waals surface area contributed by atoms with Crippen LogP contribution in [0, 0.1) is 0 Å². The second-order valence-electron chi connectivity index (χ2n) is 8.95. The number of benzene rings is 2. The predicted octanol–water partition coefficient (Wildman–Crippen LogP) is 2.78. The topological polar surface area (TPSA) is 90.0 Å². The fourth-order valence-electron chi connectivity index (χ4n) is 4.96. The van der Waals surface area contributed by atoms with Crippen molar-refractivity contribution in [3.05, 3.63) is 54.1 Å². The maximum Gasteiger partial charge on any atom is 0.250 e. The normalized spacial score (nSPS) is 17.8. The number of nitrogens with zero attached hydrogens (tertiary/aromatic N) is 3. The molecule has 1 fully saturated rings. The number of carbonyl (C=O) groups excluding carboxylic acids is 2. The van der Waals surface area contributed by atoms with E-state index in [0.29, 0.717) is 31.7 Å². The summed E-state index contributed by atoms with van der Waals surface area (Å²) in [6, 6.07) is 14.5. The number of anilines is 2. The Morgan fingerprint density at radius 1 is 1.06 bits per heavy atom. The molecule has 0 aromatic heterocycles. The van der Waals surface area contributed by atoms with E-state index in [-0.39, 0.29) is 29.3 Å². The van der Waals surface area contributed by atoms with Crippen molar-refractivity contribution in [2.45, 2.75) is 50.5 Å². The predicted molar refractivity (Wildman–Crippen MR) is 137 cm³/mol. The molecule has 2 aliphatic heterocycles. The first kappa shape index (κ1) is 25.2. The second kappa shape index (κ2) is 10.8. The summed E-state index contributed by atoms with van der Waals surface area (Å²) in [4.78, 5) is 30.0. The molecule has 35 heavy (non-hydrogen) atoms. The monoisotopic (exact) mass is 498 g/mol. The SMILES string of the molecule is CCN(CC)S(=O)(=O)c1ccc2c(c1)N(CC(=O)NCCc1ccccc1)C(=O)[C@H]1CCCCN21. The Morgan fingerprint density at radius 2 is 1.80 bits per heavy atom. The van der Waals surface area contributed by atoms with Gasteiger partial charge in [-0.3, -0.25) is 14.5 Å². The van der Waals surface area contributed by atoms with Crippen molar-refractivity contribution in [1.82, 2.24) is 9.62 Å². The largest absolute Gasteiger partial charge is 0.358 e. The van der Waals surface area contributed by atoms with E-state index in [2.05, 4.69) is 10.2 Å². The Labute approximate surface area is 207 Å². The number of carbonyl (C=O) groups is 2. The number of hydrogen-bond acceptors (Lipinski definition) is 5. The van der Waals surface area contributed by atoms with E-state index in [1.54, 1.807) is 32.0 Å². The van der Waals surface area contributed by atoms with Gasteiger partial charge in [-0.25, -0.2) is 8.42 Å². The Bertz CT molecular complexity index is 1170. The quantitative estimate of drug-likeness (QED) is 0.574. The average molecular weight is 499 g/mol. The lowest BCUT2D eigenvalue weighted by Crippen LogP contribution is -2.57. The lowest BCUT2D eigenvalue weighted by Gasteiger charge is -2.45. The third-order valence-corrected chi connectivity index (χ3v) is 8.87. The molecule has 1 saturated heterocycles. The van der Waals surface area contributed by atoms with Gasteiger partial charge in [0.25, 0.3) is 0 Å². The molecule has 188 valence electrons. The van der Waals surface area contributed by atoms with Crippen molar-refractivity contribution in [3.63, 3.8) is 0 Å². The zero-order valence-corrected chi connectivity index (χ0v) is 21.3. The fourth-order valence-corrected chi connectivity index (χ4v) is 6.44. The third kappa shape index (κ3) is 5.21.